The van der Waals surface area contributed by atoms with Gasteiger partial charge < -0.3 is 5.73 Å². The average Bonchev–Trinajstić information content (AvgIpc) is 2.63. The lowest BCUT2D eigenvalue weighted by molar-refractivity contribution is 0.601. The molecule has 19 heavy (non-hydrogen) atoms. The van der Waals surface area contributed by atoms with Gasteiger partial charge in [0.1, 0.15) is 4.90 Å². The quantitative estimate of drug-likeness (QED) is 0.822. The third kappa shape index (κ3) is 3.10. The predicted molar refractivity (Wildman–Crippen MR) is 83.2 cm³/mol. The van der Waals surface area contributed by atoms with E-state index in [-0.39, 0.29) is 4.90 Å². The Bertz CT molecular complexity index is 723. The molecular weight excluding hydrogens is 348 g/mol. The number of hydrogen-bond acceptors (Lipinski definition) is 4. The van der Waals surface area contributed by atoms with Gasteiger partial charge in [-0.1, -0.05) is 6.07 Å². The van der Waals surface area contributed by atoms with Gasteiger partial charge in [-0.15, -0.1) is 11.3 Å². The molecule has 0 aliphatic carbocycles. The molecule has 0 aliphatic rings. The largest absolute Gasteiger partial charge is 0.397 e. The fourth-order valence-electron chi connectivity index (χ4n) is 1.66. The molecule has 0 aliphatic heterocycles. The predicted octanol–water partition coefficient (Wildman–Crippen LogP) is 3.51. The molecular formula is C12H13BrN2O2S2. The molecule has 1 heterocycles. The van der Waals surface area contributed by atoms with E-state index in [2.05, 4.69) is 20.7 Å². The first-order valence-corrected chi connectivity index (χ1v) is 8.54. The lowest BCUT2D eigenvalue weighted by atomic mass is 10.2. The SMILES string of the molecule is Cc1ccc(N)c(NS(=O)(=O)c2cc(Br)sc2C)c1. The zero-order chi connectivity index (χ0) is 14.2. The van der Waals surface area contributed by atoms with Crippen LogP contribution in [-0.4, -0.2) is 8.42 Å². The number of sulfonamides is 1. The van der Waals surface area contributed by atoms with Crippen molar-refractivity contribution in [1.82, 2.24) is 0 Å². The van der Waals surface area contributed by atoms with Crippen LogP contribution in [0.25, 0.3) is 0 Å². The molecule has 1 aromatic heterocycles. The summed E-state index contributed by atoms with van der Waals surface area (Å²) < 4.78 is 27.9. The van der Waals surface area contributed by atoms with Crippen LogP contribution in [0.5, 0.6) is 0 Å². The summed E-state index contributed by atoms with van der Waals surface area (Å²) in [4.78, 5) is 0.996. The van der Waals surface area contributed by atoms with Crippen molar-refractivity contribution in [2.24, 2.45) is 0 Å². The van der Waals surface area contributed by atoms with Gasteiger partial charge in [0, 0.05) is 4.88 Å². The summed E-state index contributed by atoms with van der Waals surface area (Å²) in [6.45, 7) is 3.65. The highest BCUT2D eigenvalue weighted by molar-refractivity contribution is 9.11. The number of nitrogens with one attached hydrogen (secondary N) is 1. The van der Waals surface area contributed by atoms with Gasteiger partial charge >= 0.3 is 0 Å². The summed E-state index contributed by atoms with van der Waals surface area (Å²) in [5, 5.41) is 0. The molecule has 0 fully saturated rings. The Kier molecular flexibility index (Phi) is 3.89. The standard InChI is InChI=1S/C12H13BrN2O2S2/c1-7-3-4-9(14)10(5-7)15-19(16,17)11-6-12(13)18-8(11)2/h3-6,15H,14H2,1-2H3. The molecule has 4 nitrogen and oxygen atoms in total. The van der Waals surface area contributed by atoms with Crippen LogP contribution in [0.15, 0.2) is 32.9 Å². The van der Waals surface area contributed by atoms with Gasteiger partial charge in [0.25, 0.3) is 10.0 Å². The fourth-order valence-corrected chi connectivity index (χ4v) is 5.15. The van der Waals surface area contributed by atoms with Crippen molar-refractivity contribution in [2.45, 2.75) is 18.7 Å². The maximum Gasteiger partial charge on any atom is 0.263 e. The zero-order valence-corrected chi connectivity index (χ0v) is 13.6. The van der Waals surface area contributed by atoms with Gasteiger partial charge in [-0.25, -0.2) is 8.42 Å². The number of rotatable bonds is 3. The molecule has 2 rings (SSSR count). The highest BCUT2D eigenvalue weighted by atomic mass is 79.9. The van der Waals surface area contributed by atoms with Crippen LogP contribution in [0.2, 0.25) is 0 Å². The number of hydrogen-bond donors (Lipinski definition) is 2. The first kappa shape index (κ1) is 14.4. The van der Waals surface area contributed by atoms with Gasteiger partial charge in [-0.05, 0) is 53.5 Å². The molecule has 0 spiro atoms. The van der Waals surface area contributed by atoms with Gasteiger partial charge in [0.2, 0.25) is 0 Å². The normalized spacial score (nSPS) is 11.5. The lowest BCUT2D eigenvalue weighted by Gasteiger charge is -2.10. The molecule has 2 aromatic rings. The Labute approximate surface area is 124 Å². The minimum atomic E-state index is -3.61. The topological polar surface area (TPSA) is 72.2 Å². The molecule has 0 unspecified atom stereocenters. The number of nitrogen functional groups attached to an aromatic ring is 1. The second-order valence-corrected chi connectivity index (χ2v) is 8.45. The number of nitrogens with two attached hydrogens (primary N) is 1. The van der Waals surface area contributed by atoms with Crippen LogP contribution in [-0.2, 0) is 10.0 Å². The molecule has 102 valence electrons. The van der Waals surface area contributed by atoms with Gasteiger partial charge in [0.05, 0.1) is 15.2 Å². The van der Waals surface area contributed by atoms with Crippen molar-refractivity contribution < 1.29 is 8.42 Å². The third-order valence-electron chi connectivity index (χ3n) is 2.58. The van der Waals surface area contributed by atoms with Crippen molar-refractivity contribution in [1.29, 1.82) is 0 Å². The molecule has 1 aromatic carbocycles. The van der Waals surface area contributed by atoms with E-state index in [4.69, 9.17) is 5.73 Å². The van der Waals surface area contributed by atoms with Crippen molar-refractivity contribution >= 4 is 48.7 Å². The number of thiophene rings is 1. The molecule has 0 radical (unpaired) electrons. The van der Waals surface area contributed by atoms with E-state index >= 15 is 0 Å². The zero-order valence-electron chi connectivity index (χ0n) is 10.4. The van der Waals surface area contributed by atoms with E-state index in [0.717, 1.165) is 14.2 Å². The minimum absolute atomic E-state index is 0.269. The average molecular weight is 361 g/mol. The van der Waals surface area contributed by atoms with Crippen molar-refractivity contribution in [3.63, 3.8) is 0 Å². The van der Waals surface area contributed by atoms with Crippen LogP contribution in [0.4, 0.5) is 11.4 Å². The van der Waals surface area contributed by atoms with Crippen molar-refractivity contribution in [3.05, 3.63) is 38.5 Å². The summed E-state index contributed by atoms with van der Waals surface area (Å²) in [5.74, 6) is 0. The number of halogens is 1. The second-order valence-electron chi connectivity index (χ2n) is 4.17. The highest BCUT2D eigenvalue weighted by Crippen LogP contribution is 2.31. The molecule has 3 N–H and O–H groups in total. The van der Waals surface area contributed by atoms with Gasteiger partial charge in [-0.3, -0.25) is 4.72 Å². The Balaban J connectivity index is 2.42. The van der Waals surface area contributed by atoms with E-state index < -0.39 is 10.0 Å². The Morgan fingerprint density at radius 2 is 1.95 bits per heavy atom. The highest BCUT2D eigenvalue weighted by Gasteiger charge is 2.20. The number of benzene rings is 1. The first-order valence-electron chi connectivity index (χ1n) is 5.44. The van der Waals surface area contributed by atoms with E-state index in [1.165, 1.54) is 11.3 Å². The first-order chi connectivity index (χ1) is 8.79. The maximum atomic E-state index is 12.3. The van der Waals surface area contributed by atoms with E-state index in [0.29, 0.717) is 11.4 Å². The summed E-state index contributed by atoms with van der Waals surface area (Å²) in [6, 6.07) is 6.82. The number of anilines is 2. The van der Waals surface area contributed by atoms with E-state index in [9.17, 15) is 8.42 Å². The van der Waals surface area contributed by atoms with Crippen LogP contribution in [0.1, 0.15) is 10.4 Å². The van der Waals surface area contributed by atoms with Crippen molar-refractivity contribution in [3.8, 4) is 0 Å². The minimum Gasteiger partial charge on any atom is -0.397 e. The molecule has 0 saturated carbocycles. The van der Waals surface area contributed by atoms with Gasteiger partial charge in [-0.2, -0.15) is 0 Å². The Morgan fingerprint density at radius 3 is 2.53 bits per heavy atom. The van der Waals surface area contributed by atoms with Crippen LogP contribution in [0, 0.1) is 13.8 Å². The number of aryl methyl sites for hydroxylation is 2. The van der Waals surface area contributed by atoms with E-state index in [1.807, 2.05) is 13.0 Å². The Hall–Kier alpha value is -1.05. The molecule has 7 heteroatoms. The van der Waals surface area contributed by atoms with Crippen LogP contribution >= 0.6 is 27.3 Å². The maximum absolute atomic E-state index is 12.3. The van der Waals surface area contributed by atoms with Crippen LogP contribution in [0.3, 0.4) is 0 Å². The van der Waals surface area contributed by atoms with Crippen molar-refractivity contribution in [2.75, 3.05) is 10.5 Å². The Morgan fingerprint density at radius 1 is 1.26 bits per heavy atom. The molecule has 0 saturated heterocycles. The molecule has 0 bridgehead atoms. The molecule has 0 amide bonds. The molecule has 0 atom stereocenters. The lowest BCUT2D eigenvalue weighted by Crippen LogP contribution is -2.14. The summed E-state index contributed by atoms with van der Waals surface area (Å²) in [7, 11) is -3.61. The van der Waals surface area contributed by atoms with Crippen LogP contribution < -0.4 is 10.5 Å². The third-order valence-corrected chi connectivity index (χ3v) is 5.76. The fraction of sp³-hybridized carbons (Fsp3) is 0.167. The summed E-state index contributed by atoms with van der Waals surface area (Å²) in [5.41, 5.74) is 7.53. The monoisotopic (exact) mass is 360 g/mol. The van der Waals surface area contributed by atoms with E-state index in [1.54, 1.807) is 25.1 Å². The summed E-state index contributed by atoms with van der Waals surface area (Å²) >= 11 is 4.67. The smallest absolute Gasteiger partial charge is 0.263 e. The van der Waals surface area contributed by atoms with Gasteiger partial charge in [0.15, 0.2) is 0 Å². The summed E-state index contributed by atoms with van der Waals surface area (Å²) in [6.07, 6.45) is 0. The second kappa shape index (κ2) is 5.15.